The van der Waals surface area contributed by atoms with E-state index in [0.29, 0.717) is 0 Å². The van der Waals surface area contributed by atoms with Gasteiger partial charge in [0.2, 0.25) is 5.91 Å². The van der Waals surface area contributed by atoms with Gasteiger partial charge in [-0.1, -0.05) is 10.7 Å². The number of nitrogens with zero attached hydrogens (tertiary/aromatic N) is 3. The van der Waals surface area contributed by atoms with Crippen LogP contribution < -0.4 is 10.6 Å². The van der Waals surface area contributed by atoms with Crippen molar-refractivity contribution < 1.29 is 52.9 Å². The number of allylic oxidation sites excluding steroid dienone is 1. The minimum Gasteiger partial charge on any atom is -0.481 e. The molecule has 16 nitrogen and oxygen atoms in total. The second kappa shape index (κ2) is 16.9. The SMILES string of the molecule is CC(C)=CCOC(=O)[C@]1(C)[C@@H](CC(=O)O)CS[C@@H]2[C@H](CNC(=O)/C(=N\OCCC(=O)OC(C)(C)C)c3csc(NC(=O)OC(C)(C)C)n3)C(=O)N21. The van der Waals surface area contributed by atoms with Gasteiger partial charge in [0.05, 0.1) is 24.1 Å². The molecule has 282 valence electrons. The Morgan fingerprint density at radius 3 is 2.39 bits per heavy atom. The number of esters is 2. The fourth-order valence-corrected chi connectivity index (χ4v) is 7.56. The van der Waals surface area contributed by atoms with Crippen LogP contribution in [-0.4, -0.2) is 104 Å². The number of thiazole rings is 1. The van der Waals surface area contributed by atoms with Crippen molar-refractivity contribution >= 4 is 69.8 Å². The Morgan fingerprint density at radius 2 is 1.78 bits per heavy atom. The van der Waals surface area contributed by atoms with Gasteiger partial charge in [0.15, 0.2) is 10.8 Å². The Bertz CT molecular complexity index is 1560. The van der Waals surface area contributed by atoms with Crippen LogP contribution in [0.4, 0.5) is 9.93 Å². The minimum absolute atomic E-state index is 0.0243. The highest BCUT2D eigenvalue weighted by molar-refractivity contribution is 8.00. The molecule has 3 rings (SSSR count). The molecule has 2 aliphatic heterocycles. The monoisotopic (exact) mass is 753 g/mol. The summed E-state index contributed by atoms with van der Waals surface area (Å²) < 4.78 is 16.0. The number of aliphatic carboxylic acids is 1. The Morgan fingerprint density at radius 1 is 1.12 bits per heavy atom. The molecule has 3 heterocycles. The third kappa shape index (κ3) is 11.4. The number of carbonyl (C=O) groups excluding carboxylic acids is 5. The topological polar surface area (TPSA) is 212 Å². The van der Waals surface area contributed by atoms with Gasteiger partial charge in [-0.25, -0.2) is 14.6 Å². The first-order chi connectivity index (χ1) is 23.6. The van der Waals surface area contributed by atoms with Crippen LogP contribution in [0.2, 0.25) is 0 Å². The van der Waals surface area contributed by atoms with E-state index in [1.807, 2.05) is 13.8 Å². The van der Waals surface area contributed by atoms with Crippen molar-refractivity contribution in [2.75, 3.05) is 30.8 Å². The third-order valence-corrected chi connectivity index (χ3v) is 9.72. The van der Waals surface area contributed by atoms with Crippen molar-refractivity contribution in [3.8, 4) is 0 Å². The summed E-state index contributed by atoms with van der Waals surface area (Å²) in [5, 5.41) is 19.7. The number of anilines is 1. The number of carboxylic acids is 1. The summed E-state index contributed by atoms with van der Waals surface area (Å²) in [6, 6.07) is 0. The van der Waals surface area contributed by atoms with Crippen molar-refractivity contribution in [1.82, 2.24) is 15.2 Å². The molecular weight excluding hydrogens is 707 g/mol. The molecule has 0 saturated carbocycles. The van der Waals surface area contributed by atoms with Gasteiger partial charge in [0.1, 0.15) is 35.6 Å². The zero-order valence-corrected chi connectivity index (χ0v) is 32.0. The summed E-state index contributed by atoms with van der Waals surface area (Å²) in [4.78, 5) is 87.6. The third-order valence-electron chi connectivity index (χ3n) is 7.48. The standard InChI is InChI=1S/C33H47N5O11S2/c1-18(2)10-12-46-28(44)33(9)19(14-22(39)40)16-50-27-20(26(43)38(27)33)15-34-25(42)24(37-47-13-11-23(41)48-31(3,4)5)21-17-51-29(35-21)36-30(45)49-32(6,7)8/h10,17,19-20,27H,11-16H2,1-9H3,(H,34,42)(H,39,40)(H,35,36,45)/b37-24-/t19-,20+,27+,33-/m0/s1. The lowest BCUT2D eigenvalue weighted by molar-refractivity contribution is -0.183. The number of rotatable bonds is 14. The summed E-state index contributed by atoms with van der Waals surface area (Å²) in [6.07, 6.45) is 0.460. The first kappa shape index (κ1) is 41.2. The summed E-state index contributed by atoms with van der Waals surface area (Å²) in [5.74, 6) is -4.74. The number of ether oxygens (including phenoxy) is 3. The molecule has 3 N–H and O–H groups in total. The zero-order chi connectivity index (χ0) is 38.3. The fraction of sp³-hybridized carbons (Fsp3) is 0.636. The molecule has 3 amide bonds. The smallest absolute Gasteiger partial charge is 0.413 e. The van der Waals surface area contributed by atoms with Gasteiger partial charge in [0.25, 0.3) is 5.91 Å². The van der Waals surface area contributed by atoms with Crippen LogP contribution in [0.1, 0.15) is 80.8 Å². The maximum absolute atomic E-state index is 13.6. The number of thioether (sulfide) groups is 1. The average Bonchev–Trinajstić information content (AvgIpc) is 3.43. The van der Waals surface area contributed by atoms with Crippen LogP contribution in [0.3, 0.4) is 0 Å². The highest BCUT2D eigenvalue weighted by Crippen LogP contribution is 2.50. The summed E-state index contributed by atoms with van der Waals surface area (Å²) in [7, 11) is 0. The molecule has 0 aliphatic carbocycles. The molecule has 4 atom stereocenters. The Kier molecular flexibility index (Phi) is 13.7. The molecule has 18 heteroatoms. The van der Waals surface area contributed by atoms with E-state index in [-0.39, 0.29) is 54.9 Å². The van der Waals surface area contributed by atoms with Crippen molar-refractivity contribution in [2.45, 2.75) is 97.3 Å². The van der Waals surface area contributed by atoms with E-state index in [4.69, 9.17) is 19.0 Å². The Hall–Kier alpha value is -4.19. The minimum atomic E-state index is -1.53. The summed E-state index contributed by atoms with van der Waals surface area (Å²) in [5.41, 5.74) is -2.32. The maximum Gasteiger partial charge on any atom is 0.413 e. The number of fused-ring (bicyclic) bond motifs is 1. The van der Waals surface area contributed by atoms with Gasteiger partial charge in [-0.05, 0) is 68.4 Å². The van der Waals surface area contributed by atoms with Gasteiger partial charge < -0.3 is 34.4 Å². The second-order valence-electron chi connectivity index (χ2n) is 14.3. The molecule has 2 saturated heterocycles. The summed E-state index contributed by atoms with van der Waals surface area (Å²) >= 11 is 2.33. The largest absolute Gasteiger partial charge is 0.481 e. The number of oxime groups is 1. The van der Waals surface area contributed by atoms with Crippen molar-refractivity contribution in [3.63, 3.8) is 0 Å². The first-order valence-corrected chi connectivity index (χ1v) is 18.2. The van der Waals surface area contributed by atoms with Crippen LogP contribution >= 0.6 is 23.1 Å². The van der Waals surface area contributed by atoms with E-state index in [0.717, 1.165) is 16.9 Å². The molecule has 0 aromatic carbocycles. The number of hydrogen-bond acceptors (Lipinski definition) is 14. The average molecular weight is 754 g/mol. The molecular formula is C33H47N5O11S2. The van der Waals surface area contributed by atoms with Crippen LogP contribution in [0, 0.1) is 11.8 Å². The van der Waals surface area contributed by atoms with E-state index in [1.54, 1.807) is 47.6 Å². The van der Waals surface area contributed by atoms with Crippen molar-refractivity contribution in [3.05, 3.63) is 22.7 Å². The Balaban J connectivity index is 1.77. The number of nitrogens with one attached hydrogen (secondary N) is 2. The number of hydrogen-bond donors (Lipinski definition) is 3. The van der Waals surface area contributed by atoms with E-state index >= 15 is 0 Å². The normalized spacial score (nSPS) is 21.7. The molecule has 0 bridgehead atoms. The van der Waals surface area contributed by atoms with Crippen LogP contribution in [0.25, 0.3) is 0 Å². The number of β-lactam (4-membered cyclic amide) rings is 1. The predicted octanol–water partition coefficient (Wildman–Crippen LogP) is 3.95. The molecule has 51 heavy (non-hydrogen) atoms. The van der Waals surface area contributed by atoms with Gasteiger partial charge in [0, 0.05) is 23.6 Å². The van der Waals surface area contributed by atoms with Gasteiger partial charge in [-0.15, -0.1) is 23.1 Å². The highest BCUT2D eigenvalue weighted by Gasteiger charge is 2.64. The van der Waals surface area contributed by atoms with Crippen molar-refractivity contribution in [1.29, 1.82) is 0 Å². The quantitative estimate of drug-likeness (QED) is 0.0468. The van der Waals surface area contributed by atoms with E-state index in [2.05, 4.69) is 20.8 Å². The van der Waals surface area contributed by atoms with Crippen LogP contribution in [-0.2, 0) is 43.0 Å². The molecule has 2 fully saturated rings. The first-order valence-electron chi connectivity index (χ1n) is 16.3. The van der Waals surface area contributed by atoms with Gasteiger partial charge in [-0.2, -0.15) is 0 Å². The molecule has 0 unspecified atom stereocenters. The van der Waals surface area contributed by atoms with Crippen LogP contribution in [0.15, 0.2) is 22.2 Å². The lowest BCUT2D eigenvalue weighted by atomic mass is 9.77. The van der Waals surface area contributed by atoms with E-state index in [9.17, 15) is 33.9 Å². The predicted molar refractivity (Wildman–Crippen MR) is 189 cm³/mol. The van der Waals surface area contributed by atoms with Crippen LogP contribution in [0.5, 0.6) is 0 Å². The molecule has 0 spiro atoms. The second-order valence-corrected chi connectivity index (χ2v) is 16.4. The van der Waals surface area contributed by atoms with Gasteiger partial charge >= 0.3 is 24.0 Å². The molecule has 1 aromatic rings. The fourth-order valence-electron chi connectivity index (χ4n) is 5.09. The number of amides is 3. The lowest BCUT2D eigenvalue weighted by Gasteiger charge is -2.59. The van der Waals surface area contributed by atoms with E-state index < -0.39 is 69.8 Å². The van der Waals surface area contributed by atoms with Gasteiger partial charge in [-0.3, -0.25) is 24.5 Å². The molecule has 2 aliphatic rings. The number of aromatic nitrogens is 1. The van der Waals surface area contributed by atoms with E-state index in [1.165, 1.54) is 29.0 Å². The highest BCUT2D eigenvalue weighted by atomic mass is 32.2. The Labute approximate surface area is 305 Å². The lowest BCUT2D eigenvalue weighted by Crippen LogP contribution is -2.76. The number of carbonyl (C=O) groups is 6. The molecule has 1 aromatic heterocycles. The summed E-state index contributed by atoms with van der Waals surface area (Å²) in [6.45, 7) is 15.1. The van der Waals surface area contributed by atoms with Crippen molar-refractivity contribution in [2.24, 2.45) is 17.0 Å². The number of carboxylic acid groups (broad SMARTS) is 1. The zero-order valence-electron chi connectivity index (χ0n) is 30.3. The maximum atomic E-state index is 13.6. The molecule has 0 radical (unpaired) electrons.